The summed E-state index contributed by atoms with van der Waals surface area (Å²) in [6.07, 6.45) is 1.93. The van der Waals surface area contributed by atoms with Crippen molar-refractivity contribution in [2.75, 3.05) is 0 Å². The number of benzene rings is 3. The van der Waals surface area contributed by atoms with Crippen molar-refractivity contribution < 1.29 is 4.74 Å². The molecule has 32 heavy (non-hydrogen) atoms. The summed E-state index contributed by atoms with van der Waals surface area (Å²) < 4.78 is 9.41. The summed E-state index contributed by atoms with van der Waals surface area (Å²) in [5.41, 5.74) is 7.40. The summed E-state index contributed by atoms with van der Waals surface area (Å²) in [4.78, 5) is 18.5. The lowest BCUT2D eigenvalue weighted by Gasteiger charge is -2.09. The second-order valence-electron chi connectivity index (χ2n) is 8.03. The zero-order chi connectivity index (χ0) is 22.4. The van der Waals surface area contributed by atoms with Gasteiger partial charge in [-0.1, -0.05) is 47.2 Å². The zero-order valence-corrected chi connectivity index (χ0v) is 21.0. The van der Waals surface area contributed by atoms with Crippen molar-refractivity contribution in [3.63, 3.8) is 0 Å². The van der Waals surface area contributed by atoms with Gasteiger partial charge in [-0.15, -0.1) is 0 Å². The number of rotatable bonds is 4. The number of aryl methyl sites for hydroxylation is 3. The molecule has 6 heteroatoms. The largest absolute Gasteiger partial charge is 0.488 e. The molecule has 0 fully saturated rings. The fraction of sp³-hybridized carbons (Fsp3) is 0.154. The van der Waals surface area contributed by atoms with Crippen LogP contribution in [0, 0.1) is 24.3 Å². The Labute approximate surface area is 203 Å². The standard InChI is InChI=1S/C26H21IN2O2S/c1-15-4-6-18(7-5-15)14-31-23-9-8-19(12-20(23)27)13-24-25(30)29-22-11-17(3)16(2)10-21(22)28-26(29)32-24/h4-13H,14H2,1-3H3/b24-13-. The van der Waals surface area contributed by atoms with E-state index in [0.717, 1.165) is 42.0 Å². The van der Waals surface area contributed by atoms with Crippen molar-refractivity contribution in [1.29, 1.82) is 0 Å². The lowest BCUT2D eigenvalue weighted by atomic mass is 10.1. The molecule has 5 aromatic rings. The van der Waals surface area contributed by atoms with Gasteiger partial charge >= 0.3 is 0 Å². The number of aromatic nitrogens is 2. The molecule has 0 spiro atoms. The number of ether oxygens (including phenoxy) is 1. The van der Waals surface area contributed by atoms with Gasteiger partial charge in [0, 0.05) is 0 Å². The van der Waals surface area contributed by atoms with Gasteiger partial charge in [0.25, 0.3) is 5.56 Å². The second-order valence-corrected chi connectivity index (χ2v) is 10.2. The van der Waals surface area contributed by atoms with E-state index in [1.807, 2.05) is 36.4 Å². The first-order chi connectivity index (χ1) is 15.4. The predicted molar refractivity (Wildman–Crippen MR) is 140 cm³/mol. The van der Waals surface area contributed by atoms with Crippen LogP contribution in [0.2, 0.25) is 0 Å². The van der Waals surface area contributed by atoms with Gasteiger partial charge in [-0.2, -0.15) is 0 Å². The Morgan fingerprint density at radius 1 is 1.03 bits per heavy atom. The summed E-state index contributed by atoms with van der Waals surface area (Å²) in [5, 5.41) is 0. The van der Waals surface area contributed by atoms with Crippen LogP contribution in [0.25, 0.3) is 22.1 Å². The molecule has 0 aliphatic carbocycles. The van der Waals surface area contributed by atoms with Crippen molar-refractivity contribution in [2.45, 2.75) is 27.4 Å². The maximum absolute atomic E-state index is 13.1. The van der Waals surface area contributed by atoms with Crippen LogP contribution in [0.1, 0.15) is 27.8 Å². The maximum atomic E-state index is 13.1. The topological polar surface area (TPSA) is 43.6 Å². The third-order valence-corrected chi connectivity index (χ3v) is 7.43. The number of halogens is 1. The van der Waals surface area contributed by atoms with Crippen LogP contribution in [0.4, 0.5) is 0 Å². The first-order valence-corrected chi connectivity index (χ1v) is 12.2. The van der Waals surface area contributed by atoms with Crippen molar-refractivity contribution in [1.82, 2.24) is 9.38 Å². The van der Waals surface area contributed by atoms with E-state index in [4.69, 9.17) is 4.74 Å². The highest BCUT2D eigenvalue weighted by Gasteiger charge is 2.12. The highest BCUT2D eigenvalue weighted by Crippen LogP contribution is 2.24. The quantitative estimate of drug-likeness (QED) is 0.274. The number of thiazole rings is 1. The monoisotopic (exact) mass is 552 g/mol. The third-order valence-electron chi connectivity index (χ3n) is 5.62. The van der Waals surface area contributed by atoms with Crippen LogP contribution in [-0.4, -0.2) is 9.38 Å². The number of hydrogen-bond acceptors (Lipinski definition) is 4. The fourth-order valence-corrected chi connectivity index (χ4v) is 5.32. The highest BCUT2D eigenvalue weighted by atomic mass is 127. The SMILES string of the molecule is Cc1ccc(COc2ccc(/C=c3\sc4nc5cc(C)c(C)cc5n4c3=O)cc2I)cc1. The minimum absolute atomic E-state index is 0.0227. The van der Waals surface area contributed by atoms with Gasteiger partial charge in [0.1, 0.15) is 12.4 Å². The first kappa shape index (κ1) is 21.2. The van der Waals surface area contributed by atoms with Crippen LogP contribution >= 0.6 is 33.9 Å². The molecule has 0 N–H and O–H groups in total. The van der Waals surface area contributed by atoms with Crippen molar-refractivity contribution in [2.24, 2.45) is 0 Å². The second kappa shape index (κ2) is 8.33. The van der Waals surface area contributed by atoms with Gasteiger partial charge in [-0.3, -0.25) is 4.79 Å². The van der Waals surface area contributed by atoms with E-state index >= 15 is 0 Å². The summed E-state index contributed by atoms with van der Waals surface area (Å²) in [7, 11) is 0. The van der Waals surface area contributed by atoms with E-state index in [9.17, 15) is 4.79 Å². The molecule has 4 nitrogen and oxygen atoms in total. The number of fused-ring (bicyclic) bond motifs is 3. The Hall–Kier alpha value is -2.71. The Morgan fingerprint density at radius 2 is 1.78 bits per heavy atom. The third kappa shape index (κ3) is 3.93. The van der Waals surface area contributed by atoms with Crippen LogP contribution in [0.15, 0.2) is 59.4 Å². The molecule has 2 aromatic heterocycles. The molecule has 0 atom stereocenters. The average Bonchev–Trinajstić information content (AvgIpc) is 3.25. The molecule has 0 bridgehead atoms. The maximum Gasteiger partial charge on any atom is 0.274 e. The average molecular weight is 552 g/mol. The van der Waals surface area contributed by atoms with E-state index < -0.39 is 0 Å². The van der Waals surface area contributed by atoms with Crippen LogP contribution < -0.4 is 14.8 Å². The molecule has 5 rings (SSSR count). The normalized spacial score (nSPS) is 12.2. The molecular formula is C26H21IN2O2S. The molecule has 0 aliphatic heterocycles. The van der Waals surface area contributed by atoms with E-state index in [0.29, 0.717) is 11.1 Å². The van der Waals surface area contributed by atoms with E-state index in [2.05, 4.69) is 72.6 Å². The summed E-state index contributed by atoms with van der Waals surface area (Å²) >= 11 is 3.70. The smallest absolute Gasteiger partial charge is 0.274 e. The minimum atomic E-state index is -0.0227. The molecule has 0 saturated carbocycles. The fourth-order valence-electron chi connectivity index (χ4n) is 3.64. The molecule has 2 heterocycles. The summed E-state index contributed by atoms with van der Waals surface area (Å²) in [6.45, 7) is 6.72. The van der Waals surface area contributed by atoms with Crippen LogP contribution in [0.5, 0.6) is 5.75 Å². The molecule has 3 aromatic carbocycles. The van der Waals surface area contributed by atoms with Crippen LogP contribution in [0.3, 0.4) is 0 Å². The van der Waals surface area contributed by atoms with Gasteiger partial charge in [-0.05, 0) is 96.0 Å². The van der Waals surface area contributed by atoms with Crippen molar-refractivity contribution in [3.8, 4) is 5.75 Å². The molecule has 0 saturated heterocycles. The number of imidazole rings is 1. The Morgan fingerprint density at radius 3 is 2.53 bits per heavy atom. The van der Waals surface area contributed by atoms with E-state index in [1.54, 1.807) is 4.40 Å². The number of nitrogens with zero attached hydrogens (tertiary/aromatic N) is 2. The first-order valence-electron chi connectivity index (χ1n) is 10.3. The molecule has 0 aliphatic rings. The van der Waals surface area contributed by atoms with E-state index in [-0.39, 0.29) is 5.56 Å². The summed E-state index contributed by atoms with van der Waals surface area (Å²) in [5.74, 6) is 0.837. The molecule has 0 amide bonds. The summed E-state index contributed by atoms with van der Waals surface area (Å²) in [6, 6.07) is 18.4. The number of hydrogen-bond donors (Lipinski definition) is 0. The molecule has 160 valence electrons. The van der Waals surface area contributed by atoms with Crippen LogP contribution in [-0.2, 0) is 6.61 Å². The highest BCUT2D eigenvalue weighted by molar-refractivity contribution is 14.1. The van der Waals surface area contributed by atoms with Gasteiger partial charge < -0.3 is 4.74 Å². The Kier molecular flexibility index (Phi) is 5.51. The minimum Gasteiger partial charge on any atom is -0.488 e. The molecule has 0 radical (unpaired) electrons. The van der Waals surface area contributed by atoms with Gasteiger partial charge in [0.05, 0.1) is 19.1 Å². The molecule has 0 unspecified atom stereocenters. The zero-order valence-electron chi connectivity index (χ0n) is 18.0. The van der Waals surface area contributed by atoms with E-state index in [1.165, 1.54) is 22.5 Å². The predicted octanol–water partition coefficient (Wildman–Crippen LogP) is 5.57. The van der Waals surface area contributed by atoms with Gasteiger partial charge in [0.15, 0.2) is 4.96 Å². The Balaban J connectivity index is 1.46. The van der Waals surface area contributed by atoms with Crippen molar-refractivity contribution >= 4 is 56.0 Å². The lowest BCUT2D eigenvalue weighted by Crippen LogP contribution is -2.22. The lowest BCUT2D eigenvalue weighted by molar-refractivity contribution is 0.304. The van der Waals surface area contributed by atoms with Gasteiger partial charge in [-0.25, -0.2) is 9.38 Å². The molecular weight excluding hydrogens is 531 g/mol. The Bertz CT molecular complexity index is 1580. The van der Waals surface area contributed by atoms with Gasteiger partial charge in [0.2, 0.25) is 0 Å². The van der Waals surface area contributed by atoms with Crippen molar-refractivity contribution in [3.05, 3.63) is 101 Å².